The lowest BCUT2D eigenvalue weighted by Gasteiger charge is -2.12. The van der Waals surface area contributed by atoms with Gasteiger partial charge in [0.05, 0.1) is 6.61 Å². The van der Waals surface area contributed by atoms with E-state index in [-0.39, 0.29) is 12.3 Å². The van der Waals surface area contributed by atoms with Crippen LogP contribution in [-0.2, 0) is 9.59 Å². The lowest BCUT2D eigenvalue weighted by molar-refractivity contribution is -0.141. The summed E-state index contributed by atoms with van der Waals surface area (Å²) in [6, 6.07) is 5.06. The number of aryl methyl sites for hydroxylation is 2. The Bertz CT molecular complexity index is 465. The molecule has 1 amide bonds. The summed E-state index contributed by atoms with van der Waals surface area (Å²) >= 11 is 0. The maximum absolute atomic E-state index is 11.5. The predicted octanol–water partition coefficient (Wildman–Crippen LogP) is 2.05. The van der Waals surface area contributed by atoms with Crippen molar-refractivity contribution in [2.24, 2.45) is 0 Å². The summed E-state index contributed by atoms with van der Waals surface area (Å²) in [6.45, 7) is 5.82. The normalized spacial score (nSPS) is 11.8. The molecule has 5 heteroatoms. The molecule has 2 N–H and O–H groups in total. The number of carbonyl (C=O) groups is 2. The van der Waals surface area contributed by atoms with Crippen LogP contribution < -0.4 is 10.1 Å². The van der Waals surface area contributed by atoms with E-state index in [4.69, 9.17) is 9.84 Å². The van der Waals surface area contributed by atoms with Gasteiger partial charge in [0.2, 0.25) is 5.91 Å². The van der Waals surface area contributed by atoms with Gasteiger partial charge in [-0.15, -0.1) is 0 Å². The van der Waals surface area contributed by atoms with Crippen molar-refractivity contribution in [1.29, 1.82) is 0 Å². The van der Waals surface area contributed by atoms with Crippen LogP contribution in [0, 0.1) is 13.8 Å². The monoisotopic (exact) mass is 279 g/mol. The number of carboxylic acid groups (broad SMARTS) is 1. The third kappa shape index (κ3) is 4.91. The van der Waals surface area contributed by atoms with Crippen molar-refractivity contribution in [3.8, 4) is 5.75 Å². The topological polar surface area (TPSA) is 75.6 Å². The van der Waals surface area contributed by atoms with Crippen molar-refractivity contribution in [2.45, 2.75) is 39.7 Å². The summed E-state index contributed by atoms with van der Waals surface area (Å²) in [6.07, 6.45) is 0.800. The average Bonchev–Trinajstić information content (AvgIpc) is 2.37. The van der Waals surface area contributed by atoms with Gasteiger partial charge in [-0.05, 0) is 38.3 Å². The van der Waals surface area contributed by atoms with Crippen LogP contribution in [0.25, 0.3) is 0 Å². The molecule has 110 valence electrons. The molecular weight excluding hydrogens is 258 g/mol. The first-order valence-electron chi connectivity index (χ1n) is 6.63. The number of para-hydroxylation sites is 1. The Balaban J connectivity index is 2.32. The van der Waals surface area contributed by atoms with Gasteiger partial charge in [0, 0.05) is 6.42 Å². The van der Waals surface area contributed by atoms with Gasteiger partial charge in [-0.3, -0.25) is 9.59 Å². The molecule has 0 heterocycles. The first-order chi connectivity index (χ1) is 9.41. The molecule has 0 aliphatic rings. The summed E-state index contributed by atoms with van der Waals surface area (Å²) in [7, 11) is 0. The van der Waals surface area contributed by atoms with Crippen molar-refractivity contribution in [1.82, 2.24) is 5.32 Å². The molecule has 1 unspecified atom stereocenters. The number of rotatable bonds is 7. The molecule has 0 aliphatic heterocycles. The van der Waals surface area contributed by atoms with Gasteiger partial charge in [-0.25, -0.2) is 0 Å². The maximum Gasteiger partial charge on any atom is 0.325 e. The Morgan fingerprint density at radius 3 is 2.45 bits per heavy atom. The zero-order valence-corrected chi connectivity index (χ0v) is 12.1. The highest BCUT2D eigenvalue weighted by Gasteiger charge is 2.13. The van der Waals surface area contributed by atoms with Crippen molar-refractivity contribution in [3.63, 3.8) is 0 Å². The second-order valence-electron chi connectivity index (χ2n) is 4.80. The van der Waals surface area contributed by atoms with Gasteiger partial charge in [-0.2, -0.15) is 0 Å². The Kier molecular flexibility index (Phi) is 6.03. The molecule has 20 heavy (non-hydrogen) atoms. The van der Waals surface area contributed by atoms with Crippen LogP contribution in [0.3, 0.4) is 0 Å². The number of amides is 1. The van der Waals surface area contributed by atoms with Crippen LogP contribution >= 0.6 is 0 Å². The van der Waals surface area contributed by atoms with Gasteiger partial charge >= 0.3 is 5.97 Å². The van der Waals surface area contributed by atoms with Crippen molar-refractivity contribution >= 4 is 11.9 Å². The fourth-order valence-electron chi connectivity index (χ4n) is 1.81. The van der Waals surface area contributed by atoms with Gasteiger partial charge in [0.1, 0.15) is 11.8 Å². The standard InChI is InChI=1S/C15H21NO4/c1-10-6-4-7-11(2)14(10)20-9-5-8-13(17)16-12(3)15(18)19/h4,6-7,12H,5,8-9H2,1-3H3,(H,16,17)(H,18,19). The van der Waals surface area contributed by atoms with Crippen LogP contribution in [0.4, 0.5) is 0 Å². The lowest BCUT2D eigenvalue weighted by Crippen LogP contribution is -2.38. The number of aliphatic carboxylic acids is 1. The van der Waals surface area contributed by atoms with Crippen molar-refractivity contribution < 1.29 is 19.4 Å². The van der Waals surface area contributed by atoms with E-state index in [2.05, 4.69) is 5.32 Å². The highest BCUT2D eigenvalue weighted by atomic mass is 16.5. The average molecular weight is 279 g/mol. The Morgan fingerprint density at radius 2 is 1.90 bits per heavy atom. The summed E-state index contributed by atoms with van der Waals surface area (Å²) < 4.78 is 5.67. The zero-order chi connectivity index (χ0) is 15.1. The fraction of sp³-hybridized carbons (Fsp3) is 0.467. The summed E-state index contributed by atoms with van der Waals surface area (Å²) in [5, 5.41) is 11.1. The first kappa shape index (κ1) is 16.0. The van der Waals surface area contributed by atoms with E-state index >= 15 is 0 Å². The van der Waals surface area contributed by atoms with Crippen LogP contribution in [-0.4, -0.2) is 29.6 Å². The minimum Gasteiger partial charge on any atom is -0.493 e. The van der Waals surface area contributed by atoms with E-state index < -0.39 is 12.0 Å². The second kappa shape index (κ2) is 7.53. The molecule has 0 spiro atoms. The number of hydrogen-bond acceptors (Lipinski definition) is 3. The van der Waals surface area contributed by atoms with E-state index in [0.717, 1.165) is 16.9 Å². The molecule has 1 atom stereocenters. The Labute approximate surface area is 118 Å². The molecular formula is C15H21NO4. The Morgan fingerprint density at radius 1 is 1.30 bits per heavy atom. The van der Waals surface area contributed by atoms with Crippen LogP contribution in [0.2, 0.25) is 0 Å². The SMILES string of the molecule is Cc1cccc(C)c1OCCCC(=O)NC(C)C(=O)O. The van der Waals surface area contributed by atoms with Gasteiger partial charge in [0.25, 0.3) is 0 Å². The van der Waals surface area contributed by atoms with E-state index in [1.165, 1.54) is 6.92 Å². The lowest BCUT2D eigenvalue weighted by atomic mass is 10.1. The third-order valence-electron chi connectivity index (χ3n) is 2.95. The van der Waals surface area contributed by atoms with E-state index in [1.807, 2.05) is 32.0 Å². The molecule has 1 aromatic carbocycles. The quantitative estimate of drug-likeness (QED) is 0.749. The van der Waals surface area contributed by atoms with Crippen LogP contribution in [0.5, 0.6) is 5.75 Å². The van der Waals surface area contributed by atoms with Crippen LogP contribution in [0.1, 0.15) is 30.9 Å². The summed E-state index contributed by atoms with van der Waals surface area (Å²) in [5.74, 6) is -0.457. The number of nitrogens with one attached hydrogen (secondary N) is 1. The highest BCUT2D eigenvalue weighted by Crippen LogP contribution is 2.22. The van der Waals surface area contributed by atoms with E-state index in [9.17, 15) is 9.59 Å². The molecule has 5 nitrogen and oxygen atoms in total. The van der Waals surface area contributed by atoms with Gasteiger partial charge < -0.3 is 15.2 Å². The minimum atomic E-state index is -1.04. The molecule has 0 radical (unpaired) electrons. The van der Waals surface area contributed by atoms with Crippen molar-refractivity contribution in [3.05, 3.63) is 29.3 Å². The maximum atomic E-state index is 11.5. The predicted molar refractivity (Wildman–Crippen MR) is 75.9 cm³/mol. The fourth-order valence-corrected chi connectivity index (χ4v) is 1.81. The number of benzene rings is 1. The number of hydrogen-bond donors (Lipinski definition) is 2. The molecule has 0 aromatic heterocycles. The largest absolute Gasteiger partial charge is 0.493 e. The van der Waals surface area contributed by atoms with E-state index in [1.54, 1.807) is 0 Å². The van der Waals surface area contributed by atoms with E-state index in [0.29, 0.717) is 13.0 Å². The molecule has 0 fully saturated rings. The number of ether oxygens (including phenoxy) is 1. The molecule has 0 bridgehead atoms. The number of carbonyl (C=O) groups excluding carboxylic acids is 1. The second-order valence-corrected chi connectivity index (χ2v) is 4.80. The summed E-state index contributed by atoms with van der Waals surface area (Å²) in [5.41, 5.74) is 2.13. The molecule has 0 saturated carbocycles. The van der Waals surface area contributed by atoms with Crippen LogP contribution in [0.15, 0.2) is 18.2 Å². The number of carboxylic acids is 1. The summed E-state index contributed by atoms with van der Waals surface area (Å²) in [4.78, 5) is 22.1. The van der Waals surface area contributed by atoms with Gasteiger partial charge in [0.15, 0.2) is 0 Å². The molecule has 1 aromatic rings. The molecule has 0 aliphatic carbocycles. The minimum absolute atomic E-state index is 0.253. The Hall–Kier alpha value is -2.04. The molecule has 1 rings (SSSR count). The first-order valence-corrected chi connectivity index (χ1v) is 6.63. The smallest absolute Gasteiger partial charge is 0.325 e. The highest BCUT2D eigenvalue weighted by molar-refractivity contribution is 5.83. The van der Waals surface area contributed by atoms with Gasteiger partial charge in [-0.1, -0.05) is 18.2 Å². The zero-order valence-electron chi connectivity index (χ0n) is 12.1. The molecule has 0 saturated heterocycles. The third-order valence-corrected chi connectivity index (χ3v) is 2.95. The van der Waals surface area contributed by atoms with Crippen molar-refractivity contribution in [2.75, 3.05) is 6.61 Å².